The molecule has 3 N–H and O–H groups in total. The van der Waals surface area contributed by atoms with E-state index < -0.39 is 5.60 Å². The van der Waals surface area contributed by atoms with Crippen molar-refractivity contribution in [2.75, 3.05) is 45.6 Å². The molecule has 0 saturated carbocycles. The van der Waals surface area contributed by atoms with Crippen LogP contribution < -0.4 is 10.6 Å². The molecule has 1 saturated heterocycles. The Hall–Kier alpha value is 0.400. The van der Waals surface area contributed by atoms with Crippen LogP contribution in [0.4, 0.5) is 0 Å². The van der Waals surface area contributed by atoms with Crippen LogP contribution in [0.15, 0.2) is 5.38 Å². The largest absolute Gasteiger partial charge is 0.385 e. The number of nitrogens with one attached hydrogen (secondary N) is 2. The first-order chi connectivity index (χ1) is 9.72. The summed E-state index contributed by atoms with van der Waals surface area (Å²) in [6.45, 7) is 3.81. The third-order valence-corrected chi connectivity index (χ3v) is 4.77. The fraction of sp³-hybridized carbons (Fsp3) is 0.769. The Morgan fingerprint density at radius 1 is 1.55 bits per heavy atom. The van der Waals surface area contributed by atoms with Crippen LogP contribution in [0.2, 0.25) is 0 Å². The summed E-state index contributed by atoms with van der Waals surface area (Å²) in [4.78, 5) is 4.57. The van der Waals surface area contributed by atoms with Gasteiger partial charge in [0.05, 0.1) is 18.9 Å². The fourth-order valence-corrected chi connectivity index (χ4v) is 3.63. The number of ether oxygens (including phenoxy) is 1. The Bertz CT molecular complexity index is 402. The van der Waals surface area contributed by atoms with Gasteiger partial charge < -0.3 is 20.5 Å². The van der Waals surface area contributed by atoms with E-state index in [-0.39, 0.29) is 24.8 Å². The average Bonchev–Trinajstić information content (AvgIpc) is 2.76. The minimum atomic E-state index is -0.803. The molecule has 0 spiro atoms. The highest BCUT2D eigenvalue weighted by molar-refractivity contribution is 7.97. The van der Waals surface area contributed by atoms with Crippen LogP contribution in [-0.4, -0.2) is 61.3 Å². The summed E-state index contributed by atoms with van der Waals surface area (Å²) in [6.07, 6.45) is 2.99. The van der Waals surface area contributed by atoms with Crippen LogP contribution in [0.1, 0.15) is 10.7 Å². The molecule has 1 aromatic rings. The summed E-state index contributed by atoms with van der Waals surface area (Å²) >= 11 is 3.52. The van der Waals surface area contributed by atoms with Gasteiger partial charge in [-0.1, -0.05) is 0 Å². The van der Waals surface area contributed by atoms with Crippen LogP contribution in [-0.2, 0) is 16.9 Å². The van der Waals surface area contributed by atoms with Gasteiger partial charge >= 0.3 is 0 Å². The molecular weight excluding hydrogens is 365 g/mol. The van der Waals surface area contributed by atoms with Crippen LogP contribution in [0.25, 0.3) is 0 Å². The van der Waals surface area contributed by atoms with Crippen molar-refractivity contribution in [2.24, 2.45) is 0 Å². The molecule has 1 unspecified atom stereocenters. The number of nitrogens with zero attached hydrogens (tertiary/aromatic N) is 1. The number of thioether (sulfide) groups is 1. The highest BCUT2D eigenvalue weighted by Gasteiger charge is 2.28. The SMILES string of the molecule is CSCc1nc(CCNCC2(O)CNCCOC2)cs1.Cl.Cl. The Balaban J connectivity index is 0.00000220. The average molecular weight is 390 g/mol. The first-order valence-corrected chi connectivity index (χ1v) is 9.13. The van der Waals surface area contributed by atoms with E-state index in [0.717, 1.165) is 31.0 Å². The monoisotopic (exact) mass is 389 g/mol. The zero-order chi connectivity index (χ0) is 14.3. The maximum Gasteiger partial charge on any atom is 0.113 e. The molecule has 0 bridgehead atoms. The van der Waals surface area contributed by atoms with E-state index in [2.05, 4.69) is 27.3 Å². The number of β-amino-alcohol motifs (C(OH)–C–C–N with tert-alkyl or cyclic N) is 1. The van der Waals surface area contributed by atoms with Gasteiger partial charge in [-0.3, -0.25) is 0 Å². The molecule has 1 atom stereocenters. The van der Waals surface area contributed by atoms with Crippen LogP contribution in [0.3, 0.4) is 0 Å². The molecule has 1 fully saturated rings. The van der Waals surface area contributed by atoms with Crippen molar-refractivity contribution in [1.29, 1.82) is 0 Å². The number of aromatic nitrogens is 1. The van der Waals surface area contributed by atoms with Crippen LogP contribution in [0.5, 0.6) is 0 Å². The molecule has 130 valence electrons. The van der Waals surface area contributed by atoms with E-state index in [0.29, 0.717) is 26.3 Å². The van der Waals surface area contributed by atoms with Crippen LogP contribution in [0, 0.1) is 0 Å². The summed E-state index contributed by atoms with van der Waals surface area (Å²) in [7, 11) is 0. The lowest BCUT2D eigenvalue weighted by molar-refractivity contribution is -0.0260. The Morgan fingerprint density at radius 2 is 2.36 bits per heavy atom. The number of halogens is 2. The molecule has 2 heterocycles. The Morgan fingerprint density at radius 3 is 3.14 bits per heavy atom. The molecule has 0 aliphatic carbocycles. The predicted molar refractivity (Wildman–Crippen MR) is 99.0 cm³/mol. The summed E-state index contributed by atoms with van der Waals surface area (Å²) in [5.74, 6) is 0.987. The number of hydrogen-bond donors (Lipinski definition) is 3. The zero-order valence-corrected chi connectivity index (χ0v) is 15.9. The maximum atomic E-state index is 10.4. The molecule has 9 heteroatoms. The number of rotatable bonds is 7. The predicted octanol–water partition coefficient (Wildman–Crippen LogP) is 1.33. The molecule has 22 heavy (non-hydrogen) atoms. The highest BCUT2D eigenvalue weighted by atomic mass is 35.5. The minimum Gasteiger partial charge on any atom is -0.385 e. The van der Waals surface area contributed by atoms with Crippen molar-refractivity contribution in [3.63, 3.8) is 0 Å². The fourth-order valence-electron chi connectivity index (χ4n) is 2.08. The third kappa shape index (κ3) is 7.79. The second-order valence-corrected chi connectivity index (χ2v) is 6.85. The summed E-state index contributed by atoms with van der Waals surface area (Å²) < 4.78 is 5.39. The highest BCUT2D eigenvalue weighted by Crippen LogP contribution is 2.15. The summed E-state index contributed by atoms with van der Waals surface area (Å²) in [5, 5.41) is 20.2. The first-order valence-electron chi connectivity index (χ1n) is 6.86. The van der Waals surface area contributed by atoms with Crippen LogP contribution >= 0.6 is 47.9 Å². The lowest BCUT2D eigenvalue weighted by Crippen LogP contribution is -2.50. The van der Waals surface area contributed by atoms with Crippen molar-refractivity contribution in [3.05, 3.63) is 16.1 Å². The molecule has 0 aromatic carbocycles. The first kappa shape index (κ1) is 22.4. The molecular formula is C13H25Cl2N3O2S2. The quantitative estimate of drug-likeness (QED) is 0.611. The second-order valence-electron chi connectivity index (χ2n) is 5.05. The second kappa shape index (κ2) is 11.9. The molecule has 5 nitrogen and oxygen atoms in total. The molecule has 1 aromatic heterocycles. The lowest BCUT2D eigenvalue weighted by Gasteiger charge is -2.26. The van der Waals surface area contributed by atoms with Crippen molar-refractivity contribution < 1.29 is 9.84 Å². The Labute approximate surface area is 152 Å². The van der Waals surface area contributed by atoms with Gasteiger partial charge in [-0.15, -0.1) is 36.2 Å². The zero-order valence-electron chi connectivity index (χ0n) is 12.7. The van der Waals surface area contributed by atoms with Crippen molar-refractivity contribution in [2.45, 2.75) is 17.8 Å². The van der Waals surface area contributed by atoms with E-state index in [1.54, 1.807) is 23.1 Å². The van der Waals surface area contributed by atoms with Gasteiger partial charge in [-0.25, -0.2) is 4.98 Å². The summed E-state index contributed by atoms with van der Waals surface area (Å²) in [5.41, 5.74) is 0.330. The molecule has 0 amide bonds. The molecule has 0 radical (unpaired) electrons. The maximum absolute atomic E-state index is 10.4. The van der Waals surface area contributed by atoms with Gasteiger partial charge in [-0.2, -0.15) is 11.8 Å². The topological polar surface area (TPSA) is 66.4 Å². The molecule has 1 aliphatic heterocycles. The molecule has 2 rings (SSSR count). The van der Waals surface area contributed by atoms with E-state index in [9.17, 15) is 5.11 Å². The van der Waals surface area contributed by atoms with E-state index in [1.165, 1.54) is 5.01 Å². The number of aliphatic hydroxyl groups is 1. The van der Waals surface area contributed by atoms with Crippen molar-refractivity contribution >= 4 is 47.9 Å². The number of hydrogen-bond acceptors (Lipinski definition) is 7. The standard InChI is InChI=1S/C13H23N3O2S2.2ClH/c1-19-7-12-16-11(6-20-12)2-3-14-8-13(17)9-15-4-5-18-10-13;;/h6,14-15,17H,2-5,7-10H2,1H3;2*1H. The van der Waals surface area contributed by atoms with Gasteiger partial charge in [-0.05, 0) is 6.26 Å². The smallest absolute Gasteiger partial charge is 0.113 e. The molecule has 1 aliphatic rings. The van der Waals surface area contributed by atoms with E-state index in [1.807, 2.05) is 0 Å². The lowest BCUT2D eigenvalue weighted by atomic mass is 10.1. The van der Waals surface area contributed by atoms with Crippen molar-refractivity contribution in [3.8, 4) is 0 Å². The minimum absolute atomic E-state index is 0. The van der Waals surface area contributed by atoms with E-state index in [4.69, 9.17) is 4.74 Å². The van der Waals surface area contributed by atoms with Gasteiger partial charge in [0.25, 0.3) is 0 Å². The Kier molecular flexibility index (Phi) is 12.1. The van der Waals surface area contributed by atoms with Gasteiger partial charge in [0.1, 0.15) is 10.6 Å². The summed E-state index contributed by atoms with van der Waals surface area (Å²) in [6, 6.07) is 0. The third-order valence-electron chi connectivity index (χ3n) is 3.13. The van der Waals surface area contributed by atoms with Gasteiger partial charge in [0.2, 0.25) is 0 Å². The normalized spacial score (nSPS) is 21.5. The van der Waals surface area contributed by atoms with Gasteiger partial charge in [0, 0.05) is 43.7 Å². The van der Waals surface area contributed by atoms with Gasteiger partial charge in [0.15, 0.2) is 0 Å². The van der Waals surface area contributed by atoms with E-state index >= 15 is 0 Å². The van der Waals surface area contributed by atoms with Crippen molar-refractivity contribution in [1.82, 2.24) is 15.6 Å². The number of thiazole rings is 1.